The first-order valence-electron chi connectivity index (χ1n) is 4.65. The van der Waals surface area contributed by atoms with Gasteiger partial charge in [0.15, 0.2) is 5.76 Å². The third-order valence-corrected chi connectivity index (χ3v) is 2.65. The van der Waals surface area contributed by atoms with Crippen molar-refractivity contribution in [2.45, 2.75) is 13.0 Å². The van der Waals surface area contributed by atoms with E-state index >= 15 is 0 Å². The summed E-state index contributed by atoms with van der Waals surface area (Å²) in [6, 6.07) is 9.64. The van der Waals surface area contributed by atoms with Crippen LogP contribution in [0.4, 0.5) is 0 Å². The van der Waals surface area contributed by atoms with Crippen molar-refractivity contribution in [3.8, 4) is 11.3 Å². The van der Waals surface area contributed by atoms with Gasteiger partial charge in [-0.25, -0.2) is 0 Å². The third kappa shape index (κ3) is 2.27. The van der Waals surface area contributed by atoms with Gasteiger partial charge in [0.2, 0.25) is 0 Å². The molecule has 0 radical (unpaired) electrons. The Hall–Kier alpha value is -1.13. The molecule has 0 aliphatic carbocycles. The molecule has 1 aromatic carbocycles. The van der Waals surface area contributed by atoms with Gasteiger partial charge < -0.3 is 10.3 Å². The maximum atomic E-state index is 5.69. The van der Waals surface area contributed by atoms with Crippen LogP contribution in [0.1, 0.15) is 18.7 Å². The van der Waals surface area contributed by atoms with Crippen molar-refractivity contribution in [2.75, 3.05) is 0 Å². The normalized spacial score (nSPS) is 12.7. The van der Waals surface area contributed by atoms with Gasteiger partial charge in [0, 0.05) is 16.1 Å². The molecule has 0 spiro atoms. The minimum Gasteiger partial charge on any atom is -0.359 e. The summed E-state index contributed by atoms with van der Waals surface area (Å²) in [4.78, 5) is 0. The Morgan fingerprint density at radius 3 is 2.53 bits per heavy atom. The number of hydrogen-bond acceptors (Lipinski definition) is 3. The van der Waals surface area contributed by atoms with Crippen molar-refractivity contribution in [2.24, 2.45) is 5.73 Å². The molecule has 1 atom stereocenters. The summed E-state index contributed by atoms with van der Waals surface area (Å²) in [5, 5.41) is 3.97. The second kappa shape index (κ2) is 4.16. The summed E-state index contributed by atoms with van der Waals surface area (Å²) < 4.78 is 6.17. The van der Waals surface area contributed by atoms with E-state index in [2.05, 4.69) is 21.1 Å². The second-order valence-corrected chi connectivity index (χ2v) is 4.33. The average molecular weight is 267 g/mol. The summed E-state index contributed by atoms with van der Waals surface area (Å²) in [6.45, 7) is 1.87. The first kappa shape index (κ1) is 10.4. The summed E-state index contributed by atoms with van der Waals surface area (Å²) >= 11 is 3.38. The molecule has 0 unspecified atom stereocenters. The number of nitrogens with two attached hydrogens (primary N) is 1. The molecule has 2 N–H and O–H groups in total. The molecule has 0 bridgehead atoms. The molecular weight excluding hydrogens is 256 g/mol. The highest BCUT2D eigenvalue weighted by Crippen LogP contribution is 2.23. The summed E-state index contributed by atoms with van der Waals surface area (Å²) in [7, 11) is 0. The molecule has 0 aliphatic heterocycles. The van der Waals surface area contributed by atoms with Gasteiger partial charge in [-0.3, -0.25) is 0 Å². The van der Waals surface area contributed by atoms with E-state index in [4.69, 9.17) is 10.3 Å². The van der Waals surface area contributed by atoms with Crippen LogP contribution in [0.2, 0.25) is 0 Å². The molecule has 3 nitrogen and oxygen atoms in total. The first-order valence-corrected chi connectivity index (χ1v) is 5.44. The zero-order valence-electron chi connectivity index (χ0n) is 8.27. The monoisotopic (exact) mass is 266 g/mol. The Balaban J connectivity index is 2.33. The Labute approximate surface area is 96.4 Å². The number of hydrogen-bond donors (Lipinski definition) is 1. The molecule has 2 rings (SSSR count). The predicted molar refractivity (Wildman–Crippen MR) is 62.2 cm³/mol. The van der Waals surface area contributed by atoms with Gasteiger partial charge in [-0.05, 0) is 19.1 Å². The SMILES string of the molecule is C[C@H](N)c1cc(-c2ccc(Br)cc2)no1. The van der Waals surface area contributed by atoms with Gasteiger partial charge in [0.1, 0.15) is 5.69 Å². The fraction of sp³-hybridized carbons (Fsp3) is 0.182. The molecule has 0 amide bonds. The fourth-order valence-corrected chi connectivity index (χ4v) is 1.52. The van der Waals surface area contributed by atoms with Crippen molar-refractivity contribution in [3.63, 3.8) is 0 Å². The smallest absolute Gasteiger partial charge is 0.153 e. The highest BCUT2D eigenvalue weighted by atomic mass is 79.9. The van der Waals surface area contributed by atoms with Crippen LogP contribution in [0.15, 0.2) is 39.3 Å². The highest BCUT2D eigenvalue weighted by molar-refractivity contribution is 9.10. The number of benzene rings is 1. The Bertz CT molecular complexity index is 448. The molecule has 1 aromatic heterocycles. The predicted octanol–water partition coefficient (Wildman–Crippen LogP) is 3.12. The van der Waals surface area contributed by atoms with Crippen LogP contribution in [-0.4, -0.2) is 5.16 Å². The van der Waals surface area contributed by atoms with Crippen molar-refractivity contribution in [1.82, 2.24) is 5.16 Å². The van der Waals surface area contributed by atoms with E-state index in [9.17, 15) is 0 Å². The van der Waals surface area contributed by atoms with E-state index in [-0.39, 0.29) is 6.04 Å². The van der Waals surface area contributed by atoms with Gasteiger partial charge in [-0.15, -0.1) is 0 Å². The van der Waals surface area contributed by atoms with Crippen LogP contribution in [-0.2, 0) is 0 Å². The average Bonchev–Trinajstić information content (AvgIpc) is 2.68. The number of halogens is 1. The lowest BCUT2D eigenvalue weighted by atomic mass is 10.1. The van der Waals surface area contributed by atoms with E-state index in [0.29, 0.717) is 5.76 Å². The maximum Gasteiger partial charge on any atom is 0.153 e. The van der Waals surface area contributed by atoms with E-state index in [1.807, 2.05) is 37.3 Å². The molecule has 78 valence electrons. The van der Waals surface area contributed by atoms with Gasteiger partial charge >= 0.3 is 0 Å². The van der Waals surface area contributed by atoms with Crippen LogP contribution < -0.4 is 5.73 Å². The van der Waals surface area contributed by atoms with Crippen LogP contribution in [0.3, 0.4) is 0 Å². The maximum absolute atomic E-state index is 5.69. The third-order valence-electron chi connectivity index (χ3n) is 2.12. The zero-order valence-corrected chi connectivity index (χ0v) is 9.86. The lowest BCUT2D eigenvalue weighted by Crippen LogP contribution is -2.02. The van der Waals surface area contributed by atoms with E-state index in [0.717, 1.165) is 15.7 Å². The fourth-order valence-electron chi connectivity index (χ4n) is 1.26. The Kier molecular flexibility index (Phi) is 2.88. The Morgan fingerprint density at radius 1 is 1.33 bits per heavy atom. The minimum absolute atomic E-state index is 0.123. The van der Waals surface area contributed by atoms with Crippen molar-refractivity contribution in [3.05, 3.63) is 40.6 Å². The number of aromatic nitrogens is 1. The summed E-state index contributed by atoms with van der Waals surface area (Å²) in [5.74, 6) is 0.702. The van der Waals surface area contributed by atoms with Gasteiger partial charge in [0.25, 0.3) is 0 Å². The minimum atomic E-state index is -0.123. The van der Waals surface area contributed by atoms with E-state index in [1.54, 1.807) is 0 Å². The van der Waals surface area contributed by atoms with Crippen LogP contribution in [0.5, 0.6) is 0 Å². The standard InChI is InChI=1S/C11H11BrN2O/c1-7(13)11-6-10(14-15-11)8-2-4-9(12)5-3-8/h2-7H,13H2,1H3/t7-/m0/s1. The quantitative estimate of drug-likeness (QED) is 0.909. The molecule has 1 heterocycles. The van der Waals surface area contributed by atoms with Gasteiger partial charge in [-0.1, -0.05) is 33.2 Å². The molecule has 0 saturated heterocycles. The summed E-state index contributed by atoms with van der Waals surface area (Å²) in [5.41, 5.74) is 7.52. The largest absolute Gasteiger partial charge is 0.359 e. The van der Waals surface area contributed by atoms with E-state index < -0.39 is 0 Å². The molecule has 0 saturated carbocycles. The summed E-state index contributed by atoms with van der Waals surface area (Å²) in [6.07, 6.45) is 0. The van der Waals surface area contributed by atoms with Crippen molar-refractivity contribution < 1.29 is 4.52 Å². The van der Waals surface area contributed by atoms with Crippen LogP contribution in [0.25, 0.3) is 11.3 Å². The lowest BCUT2D eigenvalue weighted by Gasteiger charge is -1.95. The second-order valence-electron chi connectivity index (χ2n) is 3.41. The molecule has 0 fully saturated rings. The molecule has 4 heteroatoms. The molecule has 0 aliphatic rings. The topological polar surface area (TPSA) is 52.0 Å². The van der Waals surface area contributed by atoms with Gasteiger partial charge in [-0.2, -0.15) is 0 Å². The first-order chi connectivity index (χ1) is 7.16. The number of rotatable bonds is 2. The van der Waals surface area contributed by atoms with Gasteiger partial charge in [0.05, 0.1) is 6.04 Å². The van der Waals surface area contributed by atoms with E-state index in [1.165, 1.54) is 0 Å². The van der Waals surface area contributed by atoms with Crippen LogP contribution >= 0.6 is 15.9 Å². The molecular formula is C11H11BrN2O. The molecule has 2 aromatic rings. The number of nitrogens with zero attached hydrogens (tertiary/aromatic N) is 1. The molecule has 15 heavy (non-hydrogen) atoms. The zero-order chi connectivity index (χ0) is 10.8. The Morgan fingerprint density at radius 2 is 2.00 bits per heavy atom. The van der Waals surface area contributed by atoms with Crippen molar-refractivity contribution >= 4 is 15.9 Å². The van der Waals surface area contributed by atoms with Crippen LogP contribution in [0, 0.1) is 0 Å². The highest BCUT2D eigenvalue weighted by Gasteiger charge is 2.09. The lowest BCUT2D eigenvalue weighted by molar-refractivity contribution is 0.369. The van der Waals surface area contributed by atoms with Crippen molar-refractivity contribution in [1.29, 1.82) is 0 Å².